The molecule has 0 radical (unpaired) electrons. The van der Waals surface area contributed by atoms with E-state index in [9.17, 15) is 9.59 Å². The normalized spacial score (nSPS) is 10.3. The maximum Gasteiger partial charge on any atom is 0.269 e. The second-order valence-corrected chi connectivity index (χ2v) is 5.99. The van der Waals surface area contributed by atoms with E-state index in [0.29, 0.717) is 23.5 Å². The number of hydrazine groups is 1. The number of nitrogens with zero attached hydrogens (tertiary/aromatic N) is 2. The molecule has 0 saturated carbocycles. The van der Waals surface area contributed by atoms with Gasteiger partial charge in [-0.2, -0.15) is 0 Å². The molecule has 0 spiro atoms. The van der Waals surface area contributed by atoms with Crippen LogP contribution in [0, 0.1) is 6.92 Å². The Morgan fingerprint density at radius 3 is 2.41 bits per heavy atom. The van der Waals surface area contributed by atoms with Crippen molar-refractivity contribution >= 4 is 11.8 Å². The number of aromatic nitrogens is 2. The number of hydrogen-bond donors (Lipinski definition) is 2. The lowest BCUT2D eigenvalue weighted by molar-refractivity contribution is 0.0846. The third-order valence-electron chi connectivity index (χ3n) is 4.08. The van der Waals surface area contributed by atoms with Crippen molar-refractivity contribution < 1.29 is 14.3 Å². The zero-order valence-corrected chi connectivity index (χ0v) is 15.1. The molecule has 0 saturated heterocycles. The van der Waals surface area contributed by atoms with Gasteiger partial charge in [0, 0.05) is 30.6 Å². The van der Waals surface area contributed by atoms with Crippen LogP contribution in [-0.2, 0) is 13.7 Å². The van der Waals surface area contributed by atoms with E-state index < -0.39 is 5.91 Å². The van der Waals surface area contributed by atoms with E-state index >= 15 is 0 Å². The van der Waals surface area contributed by atoms with Crippen LogP contribution >= 0.6 is 0 Å². The van der Waals surface area contributed by atoms with Crippen molar-refractivity contribution in [2.75, 3.05) is 0 Å². The third-order valence-corrected chi connectivity index (χ3v) is 4.08. The van der Waals surface area contributed by atoms with Gasteiger partial charge in [0.25, 0.3) is 11.8 Å². The maximum absolute atomic E-state index is 12.2. The molecule has 138 valence electrons. The minimum atomic E-state index is -0.410. The van der Waals surface area contributed by atoms with Crippen molar-refractivity contribution in [1.82, 2.24) is 20.4 Å². The lowest BCUT2D eigenvalue weighted by Gasteiger charge is -2.10. The highest BCUT2D eigenvalue weighted by molar-refractivity contribution is 5.99. The Labute approximate surface area is 157 Å². The number of carbonyl (C=O) groups excluding carboxylic acids is 2. The van der Waals surface area contributed by atoms with Crippen molar-refractivity contribution in [3.63, 3.8) is 0 Å². The van der Waals surface area contributed by atoms with Gasteiger partial charge in [0.2, 0.25) is 0 Å². The molecular formula is C20H20N4O3. The molecule has 3 rings (SSSR count). The molecule has 0 bridgehead atoms. The van der Waals surface area contributed by atoms with E-state index in [0.717, 1.165) is 11.4 Å². The fourth-order valence-electron chi connectivity index (χ4n) is 2.47. The van der Waals surface area contributed by atoms with Crippen LogP contribution in [-0.4, -0.2) is 21.4 Å². The van der Waals surface area contributed by atoms with Gasteiger partial charge in [-0.3, -0.25) is 20.4 Å². The van der Waals surface area contributed by atoms with Gasteiger partial charge in [0.05, 0.1) is 0 Å². The molecule has 7 nitrogen and oxygen atoms in total. The van der Waals surface area contributed by atoms with Crippen LogP contribution < -0.4 is 15.6 Å². The Balaban J connectivity index is 1.53. The van der Waals surface area contributed by atoms with Crippen LogP contribution in [0.5, 0.6) is 5.75 Å². The van der Waals surface area contributed by atoms with Crippen LogP contribution in [0.25, 0.3) is 0 Å². The lowest BCUT2D eigenvalue weighted by atomic mass is 10.1. The smallest absolute Gasteiger partial charge is 0.269 e. The molecule has 27 heavy (non-hydrogen) atoms. The van der Waals surface area contributed by atoms with Crippen molar-refractivity contribution in [3.05, 3.63) is 83.4 Å². The summed E-state index contributed by atoms with van der Waals surface area (Å²) in [5.41, 5.74) is 6.58. The van der Waals surface area contributed by atoms with Gasteiger partial charge in [-0.25, -0.2) is 4.98 Å². The maximum atomic E-state index is 12.2. The zero-order chi connectivity index (χ0) is 19.2. The number of ether oxygens (including phenoxy) is 1. The molecule has 2 amide bonds. The van der Waals surface area contributed by atoms with Crippen LogP contribution in [0.2, 0.25) is 0 Å². The molecule has 0 fully saturated rings. The average Bonchev–Trinajstić information content (AvgIpc) is 3.10. The molecule has 7 heteroatoms. The molecule has 0 aliphatic rings. The van der Waals surface area contributed by atoms with Gasteiger partial charge >= 0.3 is 0 Å². The van der Waals surface area contributed by atoms with E-state index in [2.05, 4.69) is 15.8 Å². The summed E-state index contributed by atoms with van der Waals surface area (Å²) >= 11 is 0. The highest BCUT2D eigenvalue weighted by Crippen LogP contribution is 2.14. The SMILES string of the molecule is Cc1ccccc1C(=O)NNC(=O)c1ccc(OCc2nccn2C)cc1. The predicted octanol–water partition coefficient (Wildman–Crippen LogP) is 2.38. The van der Waals surface area contributed by atoms with Gasteiger partial charge in [-0.1, -0.05) is 18.2 Å². The standard InChI is InChI=1S/C20H20N4O3/c1-14-5-3-4-6-17(14)20(26)23-22-19(25)15-7-9-16(10-8-15)27-13-18-21-11-12-24(18)2/h3-12H,13H2,1-2H3,(H,22,25)(H,23,26). The summed E-state index contributed by atoms with van der Waals surface area (Å²) in [7, 11) is 1.89. The van der Waals surface area contributed by atoms with Crippen LogP contribution in [0.4, 0.5) is 0 Å². The van der Waals surface area contributed by atoms with Crippen molar-refractivity contribution in [1.29, 1.82) is 0 Å². The Bertz CT molecular complexity index is 948. The largest absolute Gasteiger partial charge is 0.486 e. The summed E-state index contributed by atoms with van der Waals surface area (Å²) in [5, 5.41) is 0. The van der Waals surface area contributed by atoms with Crippen LogP contribution in [0.3, 0.4) is 0 Å². The minimum Gasteiger partial charge on any atom is -0.486 e. The summed E-state index contributed by atoms with van der Waals surface area (Å²) in [6.45, 7) is 2.17. The third kappa shape index (κ3) is 4.52. The van der Waals surface area contributed by atoms with Crippen molar-refractivity contribution in [2.24, 2.45) is 7.05 Å². The topological polar surface area (TPSA) is 85.2 Å². The summed E-state index contributed by atoms with van der Waals surface area (Å²) in [5.74, 6) is 0.651. The molecule has 0 atom stereocenters. The quantitative estimate of drug-likeness (QED) is 0.681. The first kappa shape index (κ1) is 18.2. The molecule has 0 unspecified atom stereocenters. The number of nitrogens with one attached hydrogen (secondary N) is 2. The summed E-state index contributed by atoms with van der Waals surface area (Å²) < 4.78 is 7.52. The fraction of sp³-hybridized carbons (Fsp3) is 0.150. The van der Waals surface area contributed by atoms with E-state index in [1.165, 1.54) is 0 Å². The van der Waals surface area contributed by atoms with Crippen molar-refractivity contribution in [2.45, 2.75) is 13.5 Å². The van der Waals surface area contributed by atoms with Crippen molar-refractivity contribution in [3.8, 4) is 5.75 Å². The van der Waals surface area contributed by atoms with Crippen LogP contribution in [0.15, 0.2) is 60.9 Å². The van der Waals surface area contributed by atoms with Gasteiger partial charge in [0.15, 0.2) is 0 Å². The monoisotopic (exact) mass is 364 g/mol. The first-order valence-corrected chi connectivity index (χ1v) is 8.40. The second-order valence-electron chi connectivity index (χ2n) is 5.99. The van der Waals surface area contributed by atoms with E-state index in [-0.39, 0.29) is 5.91 Å². The zero-order valence-electron chi connectivity index (χ0n) is 15.1. The van der Waals surface area contributed by atoms with E-state index in [1.54, 1.807) is 42.6 Å². The first-order chi connectivity index (χ1) is 13.0. The molecule has 0 aliphatic carbocycles. The number of carbonyl (C=O) groups is 2. The van der Waals surface area contributed by atoms with Gasteiger partial charge < -0.3 is 9.30 Å². The summed E-state index contributed by atoms with van der Waals surface area (Å²) in [6.07, 6.45) is 3.55. The second kappa shape index (κ2) is 8.18. The van der Waals surface area contributed by atoms with E-state index in [1.807, 2.05) is 36.9 Å². The average molecular weight is 364 g/mol. The number of amides is 2. The fourth-order valence-corrected chi connectivity index (χ4v) is 2.47. The molecule has 2 N–H and O–H groups in total. The lowest BCUT2D eigenvalue weighted by Crippen LogP contribution is -2.41. The Morgan fingerprint density at radius 2 is 1.74 bits per heavy atom. The molecule has 1 heterocycles. The van der Waals surface area contributed by atoms with E-state index in [4.69, 9.17) is 4.74 Å². The number of hydrogen-bond acceptors (Lipinski definition) is 4. The highest BCUT2D eigenvalue weighted by atomic mass is 16.5. The summed E-state index contributed by atoms with van der Waals surface area (Å²) in [6, 6.07) is 13.8. The number of imidazole rings is 1. The minimum absolute atomic E-state index is 0.335. The van der Waals surface area contributed by atoms with Gasteiger partial charge in [0.1, 0.15) is 18.2 Å². The Hall–Kier alpha value is -3.61. The molecule has 2 aromatic carbocycles. The Kier molecular flexibility index (Phi) is 5.51. The summed E-state index contributed by atoms with van der Waals surface area (Å²) in [4.78, 5) is 28.5. The molecule has 3 aromatic rings. The Morgan fingerprint density at radius 1 is 1.04 bits per heavy atom. The highest BCUT2D eigenvalue weighted by Gasteiger charge is 2.11. The van der Waals surface area contributed by atoms with Gasteiger partial charge in [-0.15, -0.1) is 0 Å². The number of aryl methyl sites for hydroxylation is 2. The molecule has 0 aliphatic heterocycles. The molecule has 1 aromatic heterocycles. The predicted molar refractivity (Wildman–Crippen MR) is 100 cm³/mol. The molecular weight excluding hydrogens is 344 g/mol. The number of rotatable bonds is 5. The number of benzene rings is 2. The van der Waals surface area contributed by atoms with Gasteiger partial charge in [-0.05, 0) is 42.8 Å². The van der Waals surface area contributed by atoms with Crippen LogP contribution in [0.1, 0.15) is 32.1 Å². The first-order valence-electron chi connectivity index (χ1n) is 8.40.